The van der Waals surface area contributed by atoms with Gasteiger partial charge in [0.1, 0.15) is 5.01 Å². The van der Waals surface area contributed by atoms with Crippen molar-refractivity contribution in [1.29, 1.82) is 0 Å². The maximum atomic E-state index is 10.6. The number of halogens is 1. The Kier molecular flexibility index (Phi) is 2.91. The number of hydrogen-bond acceptors (Lipinski definition) is 5. The Balaban J connectivity index is 2.45. The molecular formula is C8H4IN3O2S. The van der Waals surface area contributed by atoms with Gasteiger partial charge in [0.05, 0.1) is 4.92 Å². The van der Waals surface area contributed by atoms with Crippen LogP contribution in [0.1, 0.15) is 0 Å². The molecule has 0 N–H and O–H groups in total. The van der Waals surface area contributed by atoms with E-state index in [1.807, 2.05) is 0 Å². The van der Waals surface area contributed by atoms with Crippen LogP contribution < -0.4 is 0 Å². The Labute approximate surface area is 102 Å². The van der Waals surface area contributed by atoms with Gasteiger partial charge in [0.2, 0.25) is 0 Å². The standard InChI is InChI=1S/C8H4IN3O2S/c9-8-11-10-7(15-8)5-2-1-3-6(4-5)12(13)14/h1-4H. The van der Waals surface area contributed by atoms with Gasteiger partial charge in [0.25, 0.3) is 5.69 Å². The first kappa shape index (κ1) is 10.4. The van der Waals surface area contributed by atoms with E-state index in [0.29, 0.717) is 5.01 Å². The zero-order valence-corrected chi connectivity index (χ0v) is 10.2. The summed E-state index contributed by atoms with van der Waals surface area (Å²) in [7, 11) is 0. The van der Waals surface area contributed by atoms with Gasteiger partial charge in [0.15, 0.2) is 3.01 Å². The molecule has 1 aromatic carbocycles. The highest BCUT2D eigenvalue weighted by Gasteiger charge is 2.09. The van der Waals surface area contributed by atoms with Crippen molar-refractivity contribution in [2.75, 3.05) is 0 Å². The smallest absolute Gasteiger partial charge is 0.258 e. The first-order valence-electron chi connectivity index (χ1n) is 3.90. The minimum Gasteiger partial charge on any atom is -0.258 e. The number of nitrogens with zero attached hydrogens (tertiary/aromatic N) is 3. The van der Waals surface area contributed by atoms with Crippen molar-refractivity contribution < 1.29 is 4.92 Å². The Morgan fingerprint density at radius 3 is 2.80 bits per heavy atom. The molecule has 76 valence electrons. The third-order valence-electron chi connectivity index (χ3n) is 1.70. The van der Waals surface area contributed by atoms with Gasteiger partial charge in [-0.3, -0.25) is 10.1 Å². The van der Waals surface area contributed by atoms with Crippen LogP contribution in [0.25, 0.3) is 10.6 Å². The fourth-order valence-electron chi connectivity index (χ4n) is 1.07. The number of nitro benzene ring substituents is 1. The SMILES string of the molecule is O=[N+]([O-])c1cccc(-c2nnc(I)s2)c1. The predicted octanol–water partition coefficient (Wildman–Crippen LogP) is 2.72. The molecule has 15 heavy (non-hydrogen) atoms. The van der Waals surface area contributed by atoms with Gasteiger partial charge in [-0.05, 0) is 22.6 Å². The molecule has 2 aromatic rings. The van der Waals surface area contributed by atoms with Crippen molar-refractivity contribution in [3.05, 3.63) is 37.4 Å². The van der Waals surface area contributed by atoms with Crippen LogP contribution in [-0.4, -0.2) is 15.1 Å². The lowest BCUT2D eigenvalue weighted by molar-refractivity contribution is -0.384. The lowest BCUT2D eigenvalue weighted by atomic mass is 10.2. The molecule has 0 saturated carbocycles. The topological polar surface area (TPSA) is 68.9 Å². The fraction of sp³-hybridized carbons (Fsp3) is 0. The summed E-state index contributed by atoms with van der Waals surface area (Å²) >= 11 is 3.46. The van der Waals surface area contributed by atoms with Gasteiger partial charge in [-0.1, -0.05) is 23.5 Å². The summed E-state index contributed by atoms with van der Waals surface area (Å²) in [5, 5.41) is 19.0. The molecule has 0 unspecified atom stereocenters. The van der Waals surface area contributed by atoms with E-state index in [9.17, 15) is 10.1 Å². The van der Waals surface area contributed by atoms with Crippen LogP contribution in [0, 0.1) is 13.1 Å². The van der Waals surface area contributed by atoms with Crippen molar-refractivity contribution in [1.82, 2.24) is 10.2 Å². The molecule has 1 aromatic heterocycles. The highest BCUT2D eigenvalue weighted by atomic mass is 127. The Bertz CT molecular complexity index is 514. The number of aromatic nitrogens is 2. The molecule has 0 atom stereocenters. The second kappa shape index (κ2) is 4.19. The highest BCUT2D eigenvalue weighted by Crippen LogP contribution is 2.26. The van der Waals surface area contributed by atoms with Crippen molar-refractivity contribution in [2.45, 2.75) is 0 Å². The van der Waals surface area contributed by atoms with E-state index in [-0.39, 0.29) is 5.69 Å². The molecule has 0 spiro atoms. The molecule has 0 saturated heterocycles. The van der Waals surface area contributed by atoms with Crippen molar-refractivity contribution >= 4 is 39.6 Å². The van der Waals surface area contributed by atoms with E-state index < -0.39 is 4.92 Å². The second-order valence-corrected chi connectivity index (χ2v) is 5.40. The van der Waals surface area contributed by atoms with Gasteiger partial charge in [-0.25, -0.2) is 0 Å². The molecule has 2 rings (SSSR count). The number of non-ortho nitro benzene ring substituents is 1. The van der Waals surface area contributed by atoms with E-state index in [2.05, 4.69) is 32.8 Å². The van der Waals surface area contributed by atoms with E-state index in [1.54, 1.807) is 12.1 Å². The molecule has 0 aliphatic rings. The quantitative estimate of drug-likeness (QED) is 0.481. The third kappa shape index (κ3) is 2.29. The van der Waals surface area contributed by atoms with Crippen LogP contribution in [0.15, 0.2) is 24.3 Å². The zero-order chi connectivity index (χ0) is 10.8. The van der Waals surface area contributed by atoms with Crippen LogP contribution in [0.2, 0.25) is 0 Å². The van der Waals surface area contributed by atoms with E-state index in [4.69, 9.17) is 0 Å². The Hall–Kier alpha value is -1.09. The average molecular weight is 333 g/mol. The second-order valence-electron chi connectivity index (χ2n) is 2.67. The lowest BCUT2D eigenvalue weighted by Gasteiger charge is -1.94. The molecule has 0 aliphatic heterocycles. The normalized spacial score (nSPS) is 10.2. The number of hydrogen-bond donors (Lipinski definition) is 0. The molecule has 0 amide bonds. The lowest BCUT2D eigenvalue weighted by Crippen LogP contribution is -1.87. The predicted molar refractivity (Wildman–Crippen MR) is 64.7 cm³/mol. The number of benzene rings is 1. The summed E-state index contributed by atoms with van der Waals surface area (Å²) in [6.45, 7) is 0. The van der Waals surface area contributed by atoms with Gasteiger partial charge in [0, 0.05) is 17.7 Å². The summed E-state index contributed by atoms with van der Waals surface area (Å²) in [5.41, 5.74) is 0.794. The van der Waals surface area contributed by atoms with Crippen LogP contribution in [0.3, 0.4) is 0 Å². The van der Waals surface area contributed by atoms with Gasteiger partial charge in [-0.2, -0.15) is 0 Å². The first-order chi connectivity index (χ1) is 7.16. The fourth-order valence-corrected chi connectivity index (χ4v) is 2.38. The minimum absolute atomic E-state index is 0.0673. The Morgan fingerprint density at radius 2 is 2.20 bits per heavy atom. The largest absolute Gasteiger partial charge is 0.270 e. The highest BCUT2D eigenvalue weighted by molar-refractivity contribution is 14.1. The maximum Gasteiger partial charge on any atom is 0.270 e. The monoisotopic (exact) mass is 333 g/mol. The average Bonchev–Trinajstić information content (AvgIpc) is 2.65. The zero-order valence-electron chi connectivity index (χ0n) is 7.25. The van der Waals surface area contributed by atoms with Gasteiger partial charge in [-0.15, -0.1) is 10.2 Å². The van der Waals surface area contributed by atoms with Gasteiger partial charge < -0.3 is 0 Å². The van der Waals surface area contributed by atoms with Crippen molar-refractivity contribution in [3.63, 3.8) is 0 Å². The van der Waals surface area contributed by atoms with Crippen LogP contribution in [0.4, 0.5) is 5.69 Å². The van der Waals surface area contributed by atoms with Crippen LogP contribution >= 0.6 is 33.9 Å². The summed E-state index contributed by atoms with van der Waals surface area (Å²) in [6, 6.07) is 6.37. The van der Waals surface area contributed by atoms with Crippen molar-refractivity contribution in [2.24, 2.45) is 0 Å². The Morgan fingerprint density at radius 1 is 1.40 bits per heavy atom. The summed E-state index contributed by atoms with van der Waals surface area (Å²) in [4.78, 5) is 10.1. The van der Waals surface area contributed by atoms with Crippen LogP contribution in [-0.2, 0) is 0 Å². The van der Waals surface area contributed by atoms with E-state index >= 15 is 0 Å². The molecule has 7 heteroatoms. The molecule has 0 aliphatic carbocycles. The first-order valence-corrected chi connectivity index (χ1v) is 5.80. The number of nitro groups is 1. The molecule has 5 nitrogen and oxygen atoms in total. The summed E-state index contributed by atoms with van der Waals surface area (Å²) in [6.07, 6.45) is 0. The molecule has 1 heterocycles. The molecular weight excluding hydrogens is 329 g/mol. The summed E-state index contributed by atoms with van der Waals surface area (Å²) < 4.78 is 0.814. The minimum atomic E-state index is -0.421. The third-order valence-corrected chi connectivity index (χ3v) is 3.34. The van der Waals surface area contributed by atoms with Gasteiger partial charge >= 0.3 is 0 Å². The van der Waals surface area contributed by atoms with E-state index in [0.717, 1.165) is 8.58 Å². The maximum absolute atomic E-state index is 10.6. The summed E-state index contributed by atoms with van der Waals surface area (Å²) in [5.74, 6) is 0. The number of rotatable bonds is 2. The molecule has 0 fully saturated rings. The molecule has 0 bridgehead atoms. The van der Waals surface area contributed by atoms with E-state index in [1.165, 1.54) is 23.5 Å². The van der Waals surface area contributed by atoms with Crippen molar-refractivity contribution in [3.8, 4) is 10.6 Å². The molecule has 0 radical (unpaired) electrons. The van der Waals surface area contributed by atoms with Crippen LogP contribution in [0.5, 0.6) is 0 Å².